The molecular weight excluding hydrogens is 206 g/mol. The van der Waals surface area contributed by atoms with Crippen molar-refractivity contribution in [1.29, 1.82) is 0 Å². The quantitative estimate of drug-likeness (QED) is 0.845. The first-order valence-electron chi connectivity index (χ1n) is 6.35. The molecule has 0 radical (unpaired) electrons. The van der Waals surface area contributed by atoms with Crippen LogP contribution in [0.2, 0.25) is 0 Å². The van der Waals surface area contributed by atoms with E-state index in [1.807, 2.05) is 0 Å². The third-order valence-electron chi connectivity index (χ3n) is 3.84. The Hall–Kier alpha value is -1.34. The average Bonchev–Trinajstić information content (AvgIpc) is 2.39. The monoisotopic (exact) mass is 227 g/mol. The Morgan fingerprint density at radius 1 is 1.06 bits per heavy atom. The summed E-state index contributed by atoms with van der Waals surface area (Å²) in [5.74, 6) is 0. The second-order valence-electron chi connectivity index (χ2n) is 5.18. The fraction of sp³-hybridized carbons (Fsp3) is 0.375. The number of fused-ring (bicyclic) bond motifs is 1. The Kier molecular flexibility index (Phi) is 3.49. The van der Waals surface area contributed by atoms with Crippen molar-refractivity contribution in [2.45, 2.75) is 26.7 Å². The Morgan fingerprint density at radius 2 is 1.76 bits per heavy atom. The third kappa shape index (κ3) is 2.50. The minimum Gasteiger partial charge on any atom is -0.330 e. The number of rotatable bonds is 4. The van der Waals surface area contributed by atoms with Gasteiger partial charge in [0.05, 0.1) is 0 Å². The van der Waals surface area contributed by atoms with E-state index in [9.17, 15) is 0 Å². The maximum Gasteiger partial charge on any atom is -0.00201 e. The topological polar surface area (TPSA) is 26.0 Å². The summed E-state index contributed by atoms with van der Waals surface area (Å²) in [4.78, 5) is 0. The van der Waals surface area contributed by atoms with Crippen LogP contribution in [-0.2, 0) is 6.42 Å². The number of nitrogens with two attached hydrogens (primary N) is 1. The molecule has 0 fully saturated rings. The van der Waals surface area contributed by atoms with Gasteiger partial charge in [0.15, 0.2) is 0 Å². The summed E-state index contributed by atoms with van der Waals surface area (Å²) in [7, 11) is 0. The van der Waals surface area contributed by atoms with Gasteiger partial charge in [0, 0.05) is 0 Å². The minimum atomic E-state index is 0.212. The standard InChI is InChI=1S/C16H21N/c1-3-16(2,12-17)11-14-9-6-8-13-7-4-5-10-15(13)14/h4-10H,3,11-12,17H2,1-2H3. The molecule has 17 heavy (non-hydrogen) atoms. The molecule has 0 heterocycles. The summed E-state index contributed by atoms with van der Waals surface area (Å²) in [6, 6.07) is 15.1. The molecule has 0 saturated carbocycles. The maximum absolute atomic E-state index is 5.91. The molecule has 90 valence electrons. The molecule has 2 aromatic carbocycles. The molecule has 0 aliphatic rings. The number of hydrogen-bond acceptors (Lipinski definition) is 1. The normalized spacial score (nSPS) is 14.8. The largest absolute Gasteiger partial charge is 0.330 e. The zero-order valence-corrected chi connectivity index (χ0v) is 10.7. The van der Waals surface area contributed by atoms with Crippen LogP contribution in [0.4, 0.5) is 0 Å². The van der Waals surface area contributed by atoms with E-state index in [-0.39, 0.29) is 5.41 Å². The lowest BCUT2D eigenvalue weighted by atomic mass is 9.80. The van der Waals surface area contributed by atoms with Gasteiger partial charge in [-0.15, -0.1) is 0 Å². The van der Waals surface area contributed by atoms with E-state index in [0.29, 0.717) is 0 Å². The van der Waals surface area contributed by atoms with Gasteiger partial charge in [-0.2, -0.15) is 0 Å². The van der Waals surface area contributed by atoms with Crippen molar-refractivity contribution in [3.05, 3.63) is 48.0 Å². The van der Waals surface area contributed by atoms with E-state index in [2.05, 4.69) is 56.3 Å². The van der Waals surface area contributed by atoms with Gasteiger partial charge in [-0.05, 0) is 41.1 Å². The van der Waals surface area contributed by atoms with Gasteiger partial charge in [-0.25, -0.2) is 0 Å². The molecule has 0 amide bonds. The van der Waals surface area contributed by atoms with Crippen molar-refractivity contribution < 1.29 is 0 Å². The molecule has 0 aliphatic carbocycles. The van der Waals surface area contributed by atoms with Crippen LogP contribution in [0.3, 0.4) is 0 Å². The van der Waals surface area contributed by atoms with E-state index >= 15 is 0 Å². The zero-order valence-electron chi connectivity index (χ0n) is 10.7. The lowest BCUT2D eigenvalue weighted by Crippen LogP contribution is -2.28. The van der Waals surface area contributed by atoms with Gasteiger partial charge in [0.2, 0.25) is 0 Å². The van der Waals surface area contributed by atoms with Crippen LogP contribution in [0.25, 0.3) is 10.8 Å². The Morgan fingerprint density at radius 3 is 2.47 bits per heavy atom. The van der Waals surface area contributed by atoms with Crippen molar-refractivity contribution in [2.24, 2.45) is 11.1 Å². The van der Waals surface area contributed by atoms with Crippen LogP contribution in [0.1, 0.15) is 25.8 Å². The van der Waals surface area contributed by atoms with Gasteiger partial charge in [-0.3, -0.25) is 0 Å². The zero-order chi connectivity index (χ0) is 12.3. The Bertz CT molecular complexity index is 492. The van der Waals surface area contributed by atoms with Gasteiger partial charge in [-0.1, -0.05) is 56.3 Å². The van der Waals surface area contributed by atoms with E-state index in [0.717, 1.165) is 19.4 Å². The van der Waals surface area contributed by atoms with E-state index in [1.165, 1.54) is 16.3 Å². The van der Waals surface area contributed by atoms with Gasteiger partial charge >= 0.3 is 0 Å². The van der Waals surface area contributed by atoms with Crippen LogP contribution in [-0.4, -0.2) is 6.54 Å². The van der Waals surface area contributed by atoms with Crippen LogP contribution < -0.4 is 5.73 Å². The highest BCUT2D eigenvalue weighted by atomic mass is 14.6. The van der Waals surface area contributed by atoms with Crippen molar-refractivity contribution in [1.82, 2.24) is 0 Å². The minimum absolute atomic E-state index is 0.212. The lowest BCUT2D eigenvalue weighted by Gasteiger charge is -2.27. The molecule has 1 heteroatoms. The van der Waals surface area contributed by atoms with Crippen molar-refractivity contribution >= 4 is 10.8 Å². The molecule has 0 aliphatic heterocycles. The maximum atomic E-state index is 5.91. The lowest BCUT2D eigenvalue weighted by molar-refractivity contribution is 0.321. The smallest absolute Gasteiger partial charge is 0.00201 e. The van der Waals surface area contributed by atoms with Gasteiger partial charge in [0.25, 0.3) is 0 Å². The summed E-state index contributed by atoms with van der Waals surface area (Å²) >= 11 is 0. The third-order valence-corrected chi connectivity index (χ3v) is 3.84. The Labute approximate surface area is 104 Å². The van der Waals surface area contributed by atoms with Gasteiger partial charge < -0.3 is 5.73 Å². The second-order valence-corrected chi connectivity index (χ2v) is 5.18. The highest BCUT2D eigenvalue weighted by Crippen LogP contribution is 2.29. The molecule has 1 nitrogen and oxygen atoms in total. The second kappa shape index (κ2) is 4.89. The molecular formula is C16H21N. The molecule has 2 rings (SSSR count). The summed E-state index contributed by atoms with van der Waals surface area (Å²) in [6.45, 7) is 5.24. The molecule has 0 spiro atoms. The summed E-state index contributed by atoms with van der Waals surface area (Å²) in [5.41, 5.74) is 7.54. The predicted octanol–water partition coefficient (Wildman–Crippen LogP) is 3.76. The highest BCUT2D eigenvalue weighted by molar-refractivity contribution is 5.85. The summed E-state index contributed by atoms with van der Waals surface area (Å²) in [6.07, 6.45) is 2.17. The van der Waals surface area contributed by atoms with Crippen molar-refractivity contribution in [3.8, 4) is 0 Å². The first-order chi connectivity index (χ1) is 8.18. The van der Waals surface area contributed by atoms with Gasteiger partial charge in [0.1, 0.15) is 0 Å². The average molecular weight is 227 g/mol. The first-order valence-corrected chi connectivity index (χ1v) is 6.35. The molecule has 2 aromatic rings. The van der Waals surface area contributed by atoms with Crippen LogP contribution in [0, 0.1) is 5.41 Å². The molecule has 2 N–H and O–H groups in total. The van der Waals surface area contributed by atoms with Crippen molar-refractivity contribution in [2.75, 3.05) is 6.54 Å². The molecule has 1 unspecified atom stereocenters. The van der Waals surface area contributed by atoms with Crippen molar-refractivity contribution in [3.63, 3.8) is 0 Å². The first kappa shape index (κ1) is 12.1. The fourth-order valence-electron chi connectivity index (χ4n) is 2.25. The summed E-state index contributed by atoms with van der Waals surface area (Å²) < 4.78 is 0. The predicted molar refractivity (Wildman–Crippen MR) is 75.1 cm³/mol. The number of benzene rings is 2. The number of hydrogen-bond donors (Lipinski definition) is 1. The molecule has 0 bridgehead atoms. The molecule has 1 atom stereocenters. The fourth-order valence-corrected chi connectivity index (χ4v) is 2.25. The van der Waals surface area contributed by atoms with E-state index in [4.69, 9.17) is 5.73 Å². The van der Waals surface area contributed by atoms with Crippen LogP contribution in [0.5, 0.6) is 0 Å². The van der Waals surface area contributed by atoms with E-state index < -0.39 is 0 Å². The SMILES string of the molecule is CCC(C)(CN)Cc1cccc2ccccc12. The van der Waals surface area contributed by atoms with E-state index in [1.54, 1.807) is 0 Å². The van der Waals surface area contributed by atoms with Crippen LogP contribution >= 0.6 is 0 Å². The molecule has 0 saturated heterocycles. The molecule has 0 aromatic heterocycles. The van der Waals surface area contributed by atoms with Crippen LogP contribution in [0.15, 0.2) is 42.5 Å². The Balaban J connectivity index is 2.42. The highest BCUT2D eigenvalue weighted by Gasteiger charge is 2.21. The summed E-state index contributed by atoms with van der Waals surface area (Å²) in [5, 5.41) is 2.68.